The van der Waals surface area contributed by atoms with Crippen molar-refractivity contribution in [2.45, 2.75) is 33.2 Å². The lowest BCUT2D eigenvalue weighted by Crippen LogP contribution is -2.51. The minimum Gasteiger partial charge on any atom is -0.301 e. The summed E-state index contributed by atoms with van der Waals surface area (Å²) in [6, 6.07) is 0.600. The fourth-order valence-electron chi connectivity index (χ4n) is 1.99. The molecule has 0 spiro atoms. The first-order valence-electron chi connectivity index (χ1n) is 5.59. The Morgan fingerprint density at radius 2 is 2.14 bits per heavy atom. The number of hydrogen-bond donors (Lipinski definition) is 0. The monoisotopic (exact) mass is 198 g/mol. The van der Waals surface area contributed by atoms with Gasteiger partial charge in [0.2, 0.25) is 0 Å². The van der Waals surface area contributed by atoms with Crippen LogP contribution in [0.2, 0.25) is 0 Å². The lowest BCUT2D eigenvalue weighted by atomic mass is 10.1. The van der Waals surface area contributed by atoms with E-state index >= 15 is 0 Å². The quantitative estimate of drug-likeness (QED) is 0.673. The molecular formula is C11H22N2O. The van der Waals surface area contributed by atoms with Gasteiger partial charge in [-0.1, -0.05) is 6.92 Å². The zero-order valence-corrected chi connectivity index (χ0v) is 9.62. The number of carbonyl (C=O) groups excluding carboxylic acids is 1. The van der Waals surface area contributed by atoms with Gasteiger partial charge in [-0.25, -0.2) is 0 Å². The Kier molecular flexibility index (Phi) is 4.55. The third-order valence-electron chi connectivity index (χ3n) is 3.05. The number of piperazine rings is 1. The standard InChI is InChI=1S/C11H22N2O/c1-4-12-7-8-13(10(2)9-12)6-5-11(3)14/h10H,4-9H2,1-3H3. The average molecular weight is 198 g/mol. The summed E-state index contributed by atoms with van der Waals surface area (Å²) in [6.45, 7) is 11.6. The number of hydrogen-bond acceptors (Lipinski definition) is 3. The summed E-state index contributed by atoms with van der Waals surface area (Å²) in [6.07, 6.45) is 0.705. The maximum atomic E-state index is 10.9. The molecule has 1 unspecified atom stereocenters. The molecule has 0 aliphatic carbocycles. The van der Waals surface area contributed by atoms with Crippen molar-refractivity contribution in [2.24, 2.45) is 0 Å². The van der Waals surface area contributed by atoms with Crippen LogP contribution < -0.4 is 0 Å². The van der Waals surface area contributed by atoms with E-state index in [2.05, 4.69) is 23.6 Å². The molecule has 1 aliphatic heterocycles. The fourth-order valence-corrected chi connectivity index (χ4v) is 1.99. The molecule has 0 aromatic heterocycles. The summed E-state index contributed by atoms with van der Waals surface area (Å²) in [4.78, 5) is 15.8. The maximum Gasteiger partial charge on any atom is 0.131 e. The highest BCUT2D eigenvalue weighted by molar-refractivity contribution is 5.75. The van der Waals surface area contributed by atoms with E-state index in [1.54, 1.807) is 6.92 Å². The van der Waals surface area contributed by atoms with Gasteiger partial charge in [0.25, 0.3) is 0 Å². The van der Waals surface area contributed by atoms with Crippen LogP contribution in [0.4, 0.5) is 0 Å². The molecular weight excluding hydrogens is 176 g/mol. The smallest absolute Gasteiger partial charge is 0.131 e. The van der Waals surface area contributed by atoms with Crippen molar-refractivity contribution in [1.82, 2.24) is 9.80 Å². The average Bonchev–Trinajstić information content (AvgIpc) is 2.15. The minimum absolute atomic E-state index is 0.301. The SMILES string of the molecule is CCN1CCN(CCC(C)=O)C(C)C1. The molecule has 14 heavy (non-hydrogen) atoms. The van der Waals surface area contributed by atoms with Crippen molar-refractivity contribution in [3.05, 3.63) is 0 Å². The first kappa shape index (κ1) is 11.7. The van der Waals surface area contributed by atoms with Gasteiger partial charge in [-0.15, -0.1) is 0 Å². The van der Waals surface area contributed by atoms with E-state index in [9.17, 15) is 4.79 Å². The van der Waals surface area contributed by atoms with Crippen LogP contribution in [-0.4, -0.2) is 54.3 Å². The zero-order chi connectivity index (χ0) is 10.6. The van der Waals surface area contributed by atoms with E-state index in [1.165, 1.54) is 0 Å². The van der Waals surface area contributed by atoms with Gasteiger partial charge in [-0.3, -0.25) is 9.69 Å². The van der Waals surface area contributed by atoms with Crippen LogP contribution in [0, 0.1) is 0 Å². The molecule has 0 saturated carbocycles. The third kappa shape index (κ3) is 3.39. The number of ketones is 1. The molecule has 1 saturated heterocycles. The van der Waals surface area contributed by atoms with Crippen molar-refractivity contribution in [1.29, 1.82) is 0 Å². The van der Waals surface area contributed by atoms with E-state index < -0.39 is 0 Å². The first-order chi connectivity index (χ1) is 6.63. The van der Waals surface area contributed by atoms with Crippen LogP contribution in [0.5, 0.6) is 0 Å². The lowest BCUT2D eigenvalue weighted by Gasteiger charge is -2.39. The van der Waals surface area contributed by atoms with E-state index in [1.807, 2.05) is 0 Å². The van der Waals surface area contributed by atoms with Crippen LogP contribution in [0.15, 0.2) is 0 Å². The van der Waals surface area contributed by atoms with Gasteiger partial charge in [-0.05, 0) is 20.4 Å². The van der Waals surface area contributed by atoms with Crippen LogP contribution in [-0.2, 0) is 4.79 Å². The van der Waals surface area contributed by atoms with Crippen molar-refractivity contribution < 1.29 is 4.79 Å². The normalized spacial score (nSPS) is 25.2. The predicted octanol–water partition coefficient (Wildman–Crippen LogP) is 0.991. The predicted molar refractivity (Wildman–Crippen MR) is 58.4 cm³/mol. The molecule has 1 aliphatic rings. The van der Waals surface area contributed by atoms with Crippen molar-refractivity contribution in [3.63, 3.8) is 0 Å². The highest BCUT2D eigenvalue weighted by Gasteiger charge is 2.22. The summed E-state index contributed by atoms with van der Waals surface area (Å²) in [5.41, 5.74) is 0. The van der Waals surface area contributed by atoms with E-state index in [4.69, 9.17) is 0 Å². The fraction of sp³-hybridized carbons (Fsp3) is 0.909. The molecule has 3 nitrogen and oxygen atoms in total. The third-order valence-corrected chi connectivity index (χ3v) is 3.05. The van der Waals surface area contributed by atoms with Gasteiger partial charge in [0.15, 0.2) is 0 Å². The molecule has 0 N–H and O–H groups in total. The van der Waals surface area contributed by atoms with Crippen molar-refractivity contribution in [3.8, 4) is 0 Å². The van der Waals surface area contributed by atoms with Gasteiger partial charge in [-0.2, -0.15) is 0 Å². The van der Waals surface area contributed by atoms with Crippen molar-refractivity contribution in [2.75, 3.05) is 32.7 Å². The van der Waals surface area contributed by atoms with Gasteiger partial charge >= 0.3 is 0 Å². The molecule has 0 bridgehead atoms. The second-order valence-corrected chi connectivity index (χ2v) is 4.23. The number of nitrogens with zero attached hydrogens (tertiary/aromatic N) is 2. The van der Waals surface area contributed by atoms with E-state index in [-0.39, 0.29) is 0 Å². The van der Waals surface area contributed by atoms with Gasteiger partial charge in [0.1, 0.15) is 5.78 Å². The molecule has 0 radical (unpaired) electrons. The van der Waals surface area contributed by atoms with E-state index in [0.29, 0.717) is 18.2 Å². The number of rotatable bonds is 4. The molecule has 1 fully saturated rings. The number of likely N-dealkylation sites (N-methyl/N-ethyl adjacent to an activating group) is 1. The summed E-state index contributed by atoms with van der Waals surface area (Å²) in [5.74, 6) is 0.301. The Hall–Kier alpha value is -0.410. The molecule has 82 valence electrons. The summed E-state index contributed by atoms with van der Waals surface area (Å²) < 4.78 is 0. The van der Waals surface area contributed by atoms with Gasteiger partial charge in [0, 0.05) is 38.6 Å². The van der Waals surface area contributed by atoms with Crippen LogP contribution in [0.1, 0.15) is 27.2 Å². The summed E-state index contributed by atoms with van der Waals surface area (Å²) in [5, 5.41) is 0. The number of Topliss-reactive ketones (excluding diaryl/α,β-unsaturated/α-hetero) is 1. The van der Waals surface area contributed by atoms with Crippen LogP contribution in [0.3, 0.4) is 0 Å². The van der Waals surface area contributed by atoms with Gasteiger partial charge < -0.3 is 4.90 Å². The Balaban J connectivity index is 2.30. The number of carbonyl (C=O) groups is 1. The second kappa shape index (κ2) is 5.47. The summed E-state index contributed by atoms with van der Waals surface area (Å²) in [7, 11) is 0. The Labute approximate surface area is 87.1 Å². The molecule has 0 aromatic carbocycles. The molecule has 1 heterocycles. The maximum absolute atomic E-state index is 10.9. The molecule has 1 atom stereocenters. The topological polar surface area (TPSA) is 23.6 Å². The second-order valence-electron chi connectivity index (χ2n) is 4.23. The summed E-state index contributed by atoms with van der Waals surface area (Å²) >= 11 is 0. The molecule has 0 amide bonds. The Morgan fingerprint density at radius 3 is 2.64 bits per heavy atom. The first-order valence-corrected chi connectivity index (χ1v) is 5.59. The Bertz CT molecular complexity index is 194. The van der Waals surface area contributed by atoms with E-state index in [0.717, 1.165) is 32.7 Å². The highest BCUT2D eigenvalue weighted by Crippen LogP contribution is 2.09. The largest absolute Gasteiger partial charge is 0.301 e. The molecule has 3 heteroatoms. The molecule has 0 aromatic rings. The lowest BCUT2D eigenvalue weighted by molar-refractivity contribution is -0.117. The minimum atomic E-state index is 0.301. The molecule has 1 rings (SSSR count). The zero-order valence-electron chi connectivity index (χ0n) is 9.62. The Morgan fingerprint density at radius 1 is 1.43 bits per heavy atom. The highest BCUT2D eigenvalue weighted by atomic mass is 16.1. The van der Waals surface area contributed by atoms with Crippen LogP contribution in [0.25, 0.3) is 0 Å². The van der Waals surface area contributed by atoms with Gasteiger partial charge in [0.05, 0.1) is 0 Å². The van der Waals surface area contributed by atoms with Crippen molar-refractivity contribution >= 4 is 5.78 Å². The van der Waals surface area contributed by atoms with Crippen LogP contribution >= 0.6 is 0 Å².